The molecule has 0 spiro atoms. The number of nitrogens with zero attached hydrogens (tertiary/aromatic N) is 4. The molecule has 0 aliphatic carbocycles. The summed E-state index contributed by atoms with van der Waals surface area (Å²) in [6.45, 7) is 3.52. The Hall–Kier alpha value is -1.37. The van der Waals surface area contributed by atoms with Gasteiger partial charge in [-0.1, -0.05) is 12.8 Å². The third-order valence-corrected chi connectivity index (χ3v) is 4.65. The van der Waals surface area contributed by atoms with Crippen LogP contribution < -0.4 is 9.64 Å². The van der Waals surface area contributed by atoms with Crippen molar-refractivity contribution >= 4 is 23.6 Å². The molecule has 0 radical (unpaired) electrons. The van der Waals surface area contributed by atoms with Gasteiger partial charge in [0.15, 0.2) is 0 Å². The van der Waals surface area contributed by atoms with E-state index in [1.165, 1.54) is 19.3 Å². The molecule has 0 saturated carbocycles. The minimum absolute atomic E-state index is 0.279. The highest BCUT2D eigenvalue weighted by Gasteiger charge is 2.24. The first kappa shape index (κ1) is 14.6. The summed E-state index contributed by atoms with van der Waals surface area (Å²) in [5.41, 5.74) is 0. The molecule has 1 aromatic heterocycles. The minimum Gasteiger partial charge on any atom is -0.386 e. The molecular formula is C14H22N4O2S. The fraction of sp³-hybridized carbons (Fsp3) is 0.786. The predicted molar refractivity (Wildman–Crippen MR) is 82.0 cm³/mol. The lowest BCUT2D eigenvalue weighted by Crippen LogP contribution is -2.38. The van der Waals surface area contributed by atoms with Crippen LogP contribution in [0.25, 0.3) is 0 Å². The normalized spacial score (nSPS) is 20.2. The summed E-state index contributed by atoms with van der Waals surface area (Å²) < 4.78 is 14.0. The minimum atomic E-state index is -0.279. The number of piperidine rings is 1. The van der Waals surface area contributed by atoms with Gasteiger partial charge in [-0.15, -0.1) is 4.37 Å². The Labute approximate surface area is 129 Å². The number of anilines is 1. The van der Waals surface area contributed by atoms with E-state index in [2.05, 4.69) is 13.6 Å². The Morgan fingerprint density at radius 1 is 0.905 bits per heavy atom. The molecule has 116 valence electrons. The average Bonchev–Trinajstić information content (AvgIpc) is 2.81. The summed E-state index contributed by atoms with van der Waals surface area (Å²) in [5.74, 6) is 1.13. The maximum absolute atomic E-state index is 12.2. The smallest absolute Gasteiger partial charge is 0.386 e. The van der Waals surface area contributed by atoms with E-state index < -0.39 is 0 Å². The van der Waals surface area contributed by atoms with Gasteiger partial charge in [0.1, 0.15) is 0 Å². The second-order valence-electron chi connectivity index (χ2n) is 5.71. The van der Waals surface area contributed by atoms with Gasteiger partial charge in [0, 0.05) is 26.2 Å². The molecule has 0 atom stereocenters. The Morgan fingerprint density at radius 3 is 2.24 bits per heavy atom. The van der Waals surface area contributed by atoms with E-state index >= 15 is 0 Å². The first-order valence-corrected chi connectivity index (χ1v) is 8.62. The largest absolute Gasteiger partial charge is 0.416 e. The molecule has 0 bridgehead atoms. The van der Waals surface area contributed by atoms with Crippen LogP contribution in [0.4, 0.5) is 10.6 Å². The Kier molecular flexibility index (Phi) is 4.90. The highest BCUT2D eigenvalue weighted by Crippen LogP contribution is 2.28. The van der Waals surface area contributed by atoms with E-state index in [0.29, 0.717) is 5.88 Å². The molecule has 2 saturated heterocycles. The quantitative estimate of drug-likeness (QED) is 0.840. The molecule has 3 heterocycles. The topological polar surface area (TPSA) is 58.6 Å². The van der Waals surface area contributed by atoms with Crippen molar-refractivity contribution < 1.29 is 9.53 Å². The standard InChI is InChI=1S/C14H22N4O2S/c19-14(18-10-6-3-7-11-18)20-13-12(15-21-16-13)17-8-4-1-2-5-9-17/h1-11H2. The van der Waals surface area contributed by atoms with Crippen molar-refractivity contribution in [1.29, 1.82) is 0 Å². The van der Waals surface area contributed by atoms with Crippen molar-refractivity contribution in [2.24, 2.45) is 0 Å². The molecule has 2 aliphatic rings. The maximum Gasteiger partial charge on any atom is 0.416 e. The van der Waals surface area contributed by atoms with E-state index in [-0.39, 0.29) is 6.09 Å². The van der Waals surface area contributed by atoms with Crippen LogP contribution in [-0.4, -0.2) is 45.9 Å². The second-order valence-corrected chi connectivity index (χ2v) is 6.24. The monoisotopic (exact) mass is 310 g/mol. The van der Waals surface area contributed by atoms with E-state index in [0.717, 1.165) is 69.4 Å². The van der Waals surface area contributed by atoms with E-state index in [9.17, 15) is 4.79 Å². The third kappa shape index (κ3) is 3.64. The van der Waals surface area contributed by atoms with Crippen molar-refractivity contribution in [2.45, 2.75) is 44.9 Å². The van der Waals surface area contributed by atoms with Crippen molar-refractivity contribution in [3.8, 4) is 5.88 Å². The van der Waals surface area contributed by atoms with Gasteiger partial charge in [-0.2, -0.15) is 4.37 Å². The SMILES string of the molecule is O=C(Oc1nsnc1N1CCCCCC1)N1CCCCC1. The number of rotatable bonds is 2. The van der Waals surface area contributed by atoms with Crippen LogP contribution in [0, 0.1) is 0 Å². The lowest BCUT2D eigenvalue weighted by atomic mass is 10.1. The van der Waals surface area contributed by atoms with Crippen LogP contribution in [0.1, 0.15) is 44.9 Å². The molecule has 3 rings (SSSR count). The summed E-state index contributed by atoms with van der Waals surface area (Å²) in [5, 5.41) is 0. The molecule has 0 unspecified atom stereocenters. The van der Waals surface area contributed by atoms with Crippen LogP contribution >= 0.6 is 11.7 Å². The molecule has 0 aromatic carbocycles. The van der Waals surface area contributed by atoms with Gasteiger partial charge in [0.05, 0.1) is 11.7 Å². The van der Waals surface area contributed by atoms with Crippen LogP contribution in [0.2, 0.25) is 0 Å². The number of ether oxygens (including phenoxy) is 1. The maximum atomic E-state index is 12.2. The highest BCUT2D eigenvalue weighted by atomic mass is 32.1. The first-order chi connectivity index (χ1) is 10.3. The van der Waals surface area contributed by atoms with Gasteiger partial charge in [0.2, 0.25) is 5.82 Å². The third-order valence-electron chi connectivity index (χ3n) is 4.15. The lowest BCUT2D eigenvalue weighted by molar-refractivity contribution is 0.141. The number of hydrogen-bond donors (Lipinski definition) is 0. The molecule has 7 heteroatoms. The Balaban J connectivity index is 1.65. The molecule has 6 nitrogen and oxygen atoms in total. The fourth-order valence-electron chi connectivity index (χ4n) is 2.94. The summed E-state index contributed by atoms with van der Waals surface area (Å²) in [6, 6.07) is 0. The Morgan fingerprint density at radius 2 is 1.52 bits per heavy atom. The highest BCUT2D eigenvalue weighted by molar-refractivity contribution is 6.99. The molecule has 2 fully saturated rings. The summed E-state index contributed by atoms with van der Waals surface area (Å²) in [7, 11) is 0. The summed E-state index contributed by atoms with van der Waals surface area (Å²) in [6.07, 6.45) is 7.88. The molecule has 21 heavy (non-hydrogen) atoms. The zero-order valence-electron chi connectivity index (χ0n) is 12.3. The van der Waals surface area contributed by atoms with Crippen molar-refractivity contribution in [2.75, 3.05) is 31.1 Å². The van der Waals surface area contributed by atoms with Gasteiger partial charge in [0.25, 0.3) is 5.88 Å². The molecule has 1 amide bonds. The van der Waals surface area contributed by atoms with Crippen LogP contribution in [0.5, 0.6) is 5.88 Å². The van der Waals surface area contributed by atoms with Gasteiger partial charge in [-0.05, 0) is 32.1 Å². The summed E-state index contributed by atoms with van der Waals surface area (Å²) >= 11 is 1.12. The van der Waals surface area contributed by atoms with Gasteiger partial charge in [-0.25, -0.2) is 4.79 Å². The lowest BCUT2D eigenvalue weighted by Gasteiger charge is -2.26. The van der Waals surface area contributed by atoms with Crippen LogP contribution in [-0.2, 0) is 0 Å². The van der Waals surface area contributed by atoms with Gasteiger partial charge < -0.3 is 14.5 Å². The van der Waals surface area contributed by atoms with Crippen molar-refractivity contribution in [1.82, 2.24) is 13.6 Å². The van der Waals surface area contributed by atoms with Crippen molar-refractivity contribution in [3.63, 3.8) is 0 Å². The fourth-order valence-corrected chi connectivity index (χ4v) is 3.44. The molecule has 0 N–H and O–H groups in total. The molecule has 1 aromatic rings. The van der Waals surface area contributed by atoms with E-state index in [4.69, 9.17) is 4.74 Å². The zero-order valence-corrected chi connectivity index (χ0v) is 13.1. The van der Waals surface area contributed by atoms with Crippen LogP contribution in [0.15, 0.2) is 0 Å². The number of likely N-dealkylation sites (tertiary alicyclic amines) is 1. The number of hydrogen-bond acceptors (Lipinski definition) is 6. The number of amides is 1. The van der Waals surface area contributed by atoms with Gasteiger partial charge >= 0.3 is 6.09 Å². The van der Waals surface area contributed by atoms with Crippen molar-refractivity contribution in [3.05, 3.63) is 0 Å². The second kappa shape index (κ2) is 7.06. The zero-order chi connectivity index (χ0) is 14.5. The Bertz CT molecular complexity index is 465. The van der Waals surface area contributed by atoms with E-state index in [1.54, 1.807) is 4.90 Å². The average molecular weight is 310 g/mol. The first-order valence-electron chi connectivity index (χ1n) is 7.89. The number of aromatic nitrogens is 2. The van der Waals surface area contributed by atoms with E-state index in [1.807, 2.05) is 0 Å². The molecular weight excluding hydrogens is 288 g/mol. The number of carbonyl (C=O) groups is 1. The number of carbonyl (C=O) groups excluding carboxylic acids is 1. The predicted octanol–water partition coefficient (Wildman–Crippen LogP) is 2.90. The summed E-state index contributed by atoms with van der Waals surface area (Å²) in [4.78, 5) is 16.2. The molecule has 2 aliphatic heterocycles. The van der Waals surface area contributed by atoms with Gasteiger partial charge in [-0.3, -0.25) is 0 Å². The van der Waals surface area contributed by atoms with Crippen LogP contribution in [0.3, 0.4) is 0 Å².